The Hall–Kier alpha value is -2.34. The van der Waals surface area contributed by atoms with Crippen LogP contribution >= 0.6 is 0 Å². The van der Waals surface area contributed by atoms with Gasteiger partial charge in [-0.05, 0) is 36.5 Å². The number of sulfonamides is 1. The lowest BCUT2D eigenvalue weighted by atomic mass is 9.93. The van der Waals surface area contributed by atoms with Crippen LogP contribution in [0.4, 0.5) is 5.69 Å². The zero-order valence-corrected chi connectivity index (χ0v) is 15.7. The van der Waals surface area contributed by atoms with Gasteiger partial charge in [-0.15, -0.1) is 0 Å². The zero-order valence-electron chi connectivity index (χ0n) is 14.8. The van der Waals surface area contributed by atoms with Crippen LogP contribution in [0.1, 0.15) is 24.3 Å². The first-order valence-electron chi connectivity index (χ1n) is 8.83. The molecule has 0 heterocycles. The molecule has 0 radical (unpaired) electrons. The molecule has 0 saturated heterocycles. The molecule has 138 valence electrons. The number of carbonyl (C=O) groups excluding carboxylic acids is 1. The maximum atomic E-state index is 12.6. The number of hydrogen-bond donors (Lipinski definition) is 1. The number of carbonyl (C=O) groups is 1. The maximum Gasteiger partial charge on any atom is 0.236 e. The number of rotatable bonds is 8. The van der Waals surface area contributed by atoms with Gasteiger partial charge in [-0.3, -0.25) is 9.10 Å². The van der Waals surface area contributed by atoms with Crippen molar-refractivity contribution in [1.82, 2.24) is 5.32 Å². The van der Waals surface area contributed by atoms with E-state index in [1.54, 1.807) is 24.3 Å². The number of para-hydroxylation sites is 1. The molecule has 0 spiro atoms. The van der Waals surface area contributed by atoms with Crippen LogP contribution in [0.25, 0.3) is 0 Å². The van der Waals surface area contributed by atoms with Gasteiger partial charge in [-0.25, -0.2) is 8.42 Å². The van der Waals surface area contributed by atoms with Crippen LogP contribution in [0.3, 0.4) is 0 Å². The first kappa shape index (κ1) is 18.5. The maximum absolute atomic E-state index is 12.6. The Kier molecular flexibility index (Phi) is 5.61. The van der Waals surface area contributed by atoms with Crippen molar-refractivity contribution in [1.29, 1.82) is 0 Å². The van der Waals surface area contributed by atoms with Crippen molar-refractivity contribution >= 4 is 21.6 Å². The summed E-state index contributed by atoms with van der Waals surface area (Å²) in [5, 5.41) is 2.82. The SMILES string of the molecule is CN(c1ccccc1)S(=O)(=O)CCNC(=O)C(c1ccccc1)C1CC1. The molecule has 1 unspecified atom stereocenters. The number of nitrogens with zero attached hydrogens (tertiary/aromatic N) is 1. The van der Waals surface area contributed by atoms with Gasteiger partial charge in [-0.2, -0.15) is 0 Å². The topological polar surface area (TPSA) is 66.5 Å². The van der Waals surface area contributed by atoms with Crippen molar-refractivity contribution < 1.29 is 13.2 Å². The van der Waals surface area contributed by atoms with Crippen molar-refractivity contribution in [2.45, 2.75) is 18.8 Å². The zero-order chi connectivity index (χ0) is 18.6. The molecule has 2 aromatic carbocycles. The van der Waals surface area contributed by atoms with Gasteiger partial charge < -0.3 is 5.32 Å². The van der Waals surface area contributed by atoms with Crippen molar-refractivity contribution in [3.63, 3.8) is 0 Å². The van der Waals surface area contributed by atoms with Crippen LogP contribution in [0.15, 0.2) is 60.7 Å². The Bertz CT molecular complexity index is 834. The van der Waals surface area contributed by atoms with E-state index in [1.807, 2.05) is 36.4 Å². The van der Waals surface area contributed by atoms with Gasteiger partial charge in [0.15, 0.2) is 0 Å². The average molecular weight is 372 g/mol. The molecule has 0 aromatic heterocycles. The minimum absolute atomic E-state index is 0.0868. The van der Waals surface area contributed by atoms with E-state index in [-0.39, 0.29) is 24.1 Å². The van der Waals surface area contributed by atoms with E-state index in [1.165, 1.54) is 11.4 Å². The van der Waals surface area contributed by atoms with E-state index in [0.29, 0.717) is 11.6 Å². The van der Waals surface area contributed by atoms with Crippen molar-refractivity contribution in [2.75, 3.05) is 23.7 Å². The highest BCUT2D eigenvalue weighted by atomic mass is 32.2. The van der Waals surface area contributed by atoms with Gasteiger partial charge in [0.25, 0.3) is 0 Å². The van der Waals surface area contributed by atoms with Gasteiger partial charge in [0.05, 0.1) is 17.4 Å². The Morgan fingerprint density at radius 1 is 1.08 bits per heavy atom. The largest absolute Gasteiger partial charge is 0.354 e. The predicted molar refractivity (Wildman–Crippen MR) is 104 cm³/mol. The van der Waals surface area contributed by atoms with E-state index in [0.717, 1.165) is 18.4 Å². The van der Waals surface area contributed by atoms with E-state index >= 15 is 0 Å². The number of amides is 1. The quantitative estimate of drug-likeness (QED) is 0.775. The van der Waals surface area contributed by atoms with Gasteiger partial charge in [-0.1, -0.05) is 48.5 Å². The minimum atomic E-state index is -3.49. The summed E-state index contributed by atoms with van der Waals surface area (Å²) in [6, 6.07) is 18.6. The summed E-state index contributed by atoms with van der Waals surface area (Å²) < 4.78 is 26.2. The molecule has 2 aromatic rings. The molecule has 1 atom stereocenters. The Morgan fingerprint density at radius 2 is 1.65 bits per heavy atom. The highest BCUT2D eigenvalue weighted by molar-refractivity contribution is 7.92. The molecule has 26 heavy (non-hydrogen) atoms. The van der Waals surface area contributed by atoms with Gasteiger partial charge >= 0.3 is 0 Å². The Morgan fingerprint density at radius 3 is 2.23 bits per heavy atom. The van der Waals surface area contributed by atoms with Crippen LogP contribution < -0.4 is 9.62 Å². The third-order valence-electron chi connectivity index (χ3n) is 4.73. The predicted octanol–water partition coefficient (Wildman–Crippen LogP) is 2.76. The van der Waals surface area contributed by atoms with Gasteiger partial charge in [0.1, 0.15) is 0 Å². The Balaban J connectivity index is 1.59. The molecule has 1 saturated carbocycles. The number of anilines is 1. The lowest BCUT2D eigenvalue weighted by Gasteiger charge is -2.20. The summed E-state index contributed by atoms with van der Waals surface area (Å²) in [7, 11) is -1.95. The third kappa shape index (κ3) is 4.43. The number of benzene rings is 2. The second kappa shape index (κ2) is 7.91. The van der Waals surface area contributed by atoms with Gasteiger partial charge in [0, 0.05) is 13.6 Å². The number of nitrogens with one attached hydrogen (secondary N) is 1. The summed E-state index contributed by atoms with van der Waals surface area (Å²) in [5.74, 6) is -0.0425. The van der Waals surface area contributed by atoms with Crippen LogP contribution in [0.2, 0.25) is 0 Å². The van der Waals surface area contributed by atoms with Crippen molar-refractivity contribution in [3.05, 3.63) is 66.2 Å². The first-order chi connectivity index (χ1) is 12.5. The lowest BCUT2D eigenvalue weighted by Crippen LogP contribution is -2.37. The van der Waals surface area contributed by atoms with Crippen LogP contribution in [0, 0.1) is 5.92 Å². The van der Waals surface area contributed by atoms with E-state index in [9.17, 15) is 13.2 Å². The fraction of sp³-hybridized carbons (Fsp3) is 0.350. The summed E-state index contributed by atoms with van der Waals surface area (Å²) in [6.07, 6.45) is 2.09. The molecule has 1 N–H and O–H groups in total. The molecule has 1 amide bonds. The summed E-state index contributed by atoms with van der Waals surface area (Å²) in [6.45, 7) is 0.106. The molecule has 0 aliphatic heterocycles. The fourth-order valence-corrected chi connectivity index (χ4v) is 4.15. The molecule has 5 nitrogen and oxygen atoms in total. The third-order valence-corrected chi connectivity index (χ3v) is 6.50. The van der Waals surface area contributed by atoms with E-state index in [2.05, 4.69) is 5.32 Å². The molecule has 1 fully saturated rings. The highest BCUT2D eigenvalue weighted by Crippen LogP contribution is 2.42. The molecule has 1 aliphatic carbocycles. The lowest BCUT2D eigenvalue weighted by molar-refractivity contribution is -0.122. The highest BCUT2D eigenvalue weighted by Gasteiger charge is 2.37. The molecule has 0 bridgehead atoms. The summed E-state index contributed by atoms with van der Waals surface area (Å²) in [5.41, 5.74) is 1.61. The van der Waals surface area contributed by atoms with Crippen LogP contribution in [-0.4, -0.2) is 33.7 Å². The van der Waals surface area contributed by atoms with E-state index in [4.69, 9.17) is 0 Å². The smallest absolute Gasteiger partial charge is 0.236 e. The monoisotopic (exact) mass is 372 g/mol. The number of hydrogen-bond acceptors (Lipinski definition) is 3. The second-order valence-electron chi connectivity index (χ2n) is 6.64. The molecular weight excluding hydrogens is 348 g/mol. The van der Waals surface area contributed by atoms with E-state index < -0.39 is 10.0 Å². The second-order valence-corrected chi connectivity index (χ2v) is 8.76. The Labute approximate surface area is 155 Å². The van der Waals surface area contributed by atoms with Gasteiger partial charge in [0.2, 0.25) is 15.9 Å². The molecule has 1 aliphatic rings. The van der Waals surface area contributed by atoms with Crippen LogP contribution in [-0.2, 0) is 14.8 Å². The van der Waals surface area contributed by atoms with Crippen LogP contribution in [0.5, 0.6) is 0 Å². The van der Waals surface area contributed by atoms with Crippen molar-refractivity contribution in [3.8, 4) is 0 Å². The first-order valence-corrected chi connectivity index (χ1v) is 10.4. The molecule has 6 heteroatoms. The standard InChI is InChI=1S/C20H24N2O3S/c1-22(18-10-6-3-7-11-18)26(24,25)15-14-21-20(23)19(17-12-13-17)16-8-4-2-5-9-16/h2-11,17,19H,12-15H2,1H3,(H,21,23). The fourth-order valence-electron chi connectivity index (χ4n) is 3.08. The normalized spacial score (nSPS) is 15.3. The average Bonchev–Trinajstić information content (AvgIpc) is 3.47. The molecule has 3 rings (SSSR count). The summed E-state index contributed by atoms with van der Waals surface area (Å²) in [4.78, 5) is 12.6. The van der Waals surface area contributed by atoms with Crippen molar-refractivity contribution in [2.24, 2.45) is 5.92 Å². The summed E-state index contributed by atoms with van der Waals surface area (Å²) >= 11 is 0. The minimum Gasteiger partial charge on any atom is -0.354 e. The molecular formula is C20H24N2O3S.